The number of hydrogen-bond donors (Lipinski definition) is 0. The van der Waals surface area contributed by atoms with Crippen molar-refractivity contribution in [3.8, 4) is 0 Å². The molecule has 1 heteroatoms. The Labute approximate surface area is 89.3 Å². The van der Waals surface area contributed by atoms with Gasteiger partial charge < -0.3 is 0 Å². The molecule has 0 aliphatic heterocycles. The van der Waals surface area contributed by atoms with Crippen LogP contribution in [-0.2, 0) is 4.79 Å². The number of carbonyl (C=O) groups is 1. The normalized spacial score (nSPS) is 14.9. The van der Waals surface area contributed by atoms with Gasteiger partial charge in [0.25, 0.3) is 0 Å². The van der Waals surface area contributed by atoms with Gasteiger partial charge in [0.2, 0.25) is 0 Å². The van der Waals surface area contributed by atoms with Crippen LogP contribution in [0.15, 0.2) is 0 Å². The molecule has 0 spiro atoms. The maximum Gasteiger partial charge on any atom is 0.139 e. The van der Waals surface area contributed by atoms with Gasteiger partial charge in [0.1, 0.15) is 5.78 Å². The minimum absolute atomic E-state index is 0.103. The number of Topliss-reactive ketones (excluding diaryl/α,β-unsaturated/α-hetero) is 1. The van der Waals surface area contributed by atoms with Crippen LogP contribution >= 0.6 is 0 Å². The van der Waals surface area contributed by atoms with E-state index in [1.807, 2.05) is 13.8 Å². The van der Waals surface area contributed by atoms with Crippen LogP contribution in [0, 0.1) is 23.2 Å². The van der Waals surface area contributed by atoms with Crippen molar-refractivity contribution >= 4 is 5.78 Å². The summed E-state index contributed by atoms with van der Waals surface area (Å²) in [6.07, 6.45) is 1.01. The molecule has 0 radical (unpaired) electrons. The summed E-state index contributed by atoms with van der Waals surface area (Å²) in [4.78, 5) is 12.0. The third-order valence-electron chi connectivity index (χ3n) is 2.66. The van der Waals surface area contributed by atoms with Crippen molar-refractivity contribution in [2.75, 3.05) is 0 Å². The maximum absolute atomic E-state index is 12.0. The summed E-state index contributed by atoms with van der Waals surface area (Å²) in [7, 11) is 0. The lowest BCUT2D eigenvalue weighted by Gasteiger charge is -2.32. The minimum atomic E-state index is 0.103. The predicted octanol–water partition coefficient (Wildman–Crippen LogP) is 3.92. The first-order valence-corrected chi connectivity index (χ1v) is 5.70. The van der Waals surface area contributed by atoms with Gasteiger partial charge in [-0.15, -0.1) is 0 Å². The van der Waals surface area contributed by atoms with Crippen LogP contribution in [0.4, 0.5) is 0 Å². The topological polar surface area (TPSA) is 17.1 Å². The highest BCUT2D eigenvalue weighted by Crippen LogP contribution is 2.33. The average Bonchev–Trinajstić information content (AvgIpc) is 1.96. The summed E-state index contributed by atoms with van der Waals surface area (Å²) in [6.45, 7) is 14.9. The van der Waals surface area contributed by atoms with Crippen LogP contribution in [-0.4, -0.2) is 5.78 Å². The predicted molar refractivity (Wildman–Crippen MR) is 62.2 cm³/mol. The largest absolute Gasteiger partial charge is 0.299 e. The molecule has 1 nitrogen and oxygen atoms in total. The third kappa shape index (κ3) is 4.26. The summed E-state index contributed by atoms with van der Waals surface area (Å²) in [6, 6.07) is 0. The van der Waals surface area contributed by atoms with Gasteiger partial charge in [-0.3, -0.25) is 4.79 Å². The molecule has 0 aromatic rings. The second kappa shape index (κ2) is 4.95. The molecule has 0 aromatic heterocycles. The van der Waals surface area contributed by atoms with E-state index in [2.05, 4.69) is 34.6 Å². The number of hydrogen-bond acceptors (Lipinski definition) is 1. The molecule has 0 bridgehead atoms. The van der Waals surface area contributed by atoms with E-state index in [0.717, 1.165) is 6.42 Å². The van der Waals surface area contributed by atoms with Crippen LogP contribution in [0.1, 0.15) is 54.9 Å². The lowest BCUT2D eigenvalue weighted by Crippen LogP contribution is -2.32. The number of carbonyl (C=O) groups excluding carboxylic acids is 1. The lowest BCUT2D eigenvalue weighted by molar-refractivity contribution is -0.129. The van der Waals surface area contributed by atoms with Crippen molar-refractivity contribution in [1.29, 1.82) is 0 Å². The van der Waals surface area contributed by atoms with Gasteiger partial charge in [0.15, 0.2) is 0 Å². The van der Waals surface area contributed by atoms with E-state index >= 15 is 0 Å². The first-order chi connectivity index (χ1) is 6.16. The molecule has 0 amide bonds. The molecule has 0 aliphatic carbocycles. The Hall–Kier alpha value is -0.330. The van der Waals surface area contributed by atoms with Gasteiger partial charge in [0.05, 0.1) is 0 Å². The zero-order chi connectivity index (χ0) is 11.5. The van der Waals surface area contributed by atoms with Crippen molar-refractivity contribution in [2.45, 2.75) is 54.9 Å². The van der Waals surface area contributed by atoms with E-state index in [-0.39, 0.29) is 17.3 Å². The molecule has 0 aliphatic rings. The Bertz CT molecular complexity index is 184. The molecule has 0 heterocycles. The van der Waals surface area contributed by atoms with E-state index in [9.17, 15) is 4.79 Å². The lowest BCUT2D eigenvalue weighted by atomic mass is 9.72. The molecular formula is C13H26O. The Morgan fingerprint density at radius 2 is 1.50 bits per heavy atom. The fourth-order valence-electron chi connectivity index (χ4n) is 1.77. The quantitative estimate of drug-likeness (QED) is 0.669. The van der Waals surface area contributed by atoms with Crippen molar-refractivity contribution in [2.24, 2.45) is 23.2 Å². The maximum atomic E-state index is 12.0. The molecule has 0 unspecified atom stereocenters. The zero-order valence-corrected chi connectivity index (χ0v) is 10.8. The average molecular weight is 198 g/mol. The van der Waals surface area contributed by atoms with E-state index < -0.39 is 0 Å². The summed E-state index contributed by atoms with van der Waals surface area (Å²) < 4.78 is 0. The summed E-state index contributed by atoms with van der Waals surface area (Å²) in [5.41, 5.74) is 0.103. The van der Waals surface area contributed by atoms with Gasteiger partial charge in [-0.1, -0.05) is 48.5 Å². The van der Waals surface area contributed by atoms with E-state index in [0.29, 0.717) is 11.7 Å². The van der Waals surface area contributed by atoms with Crippen LogP contribution in [0.5, 0.6) is 0 Å². The molecule has 0 fully saturated rings. The number of rotatable bonds is 4. The summed E-state index contributed by atoms with van der Waals surface area (Å²) in [5.74, 6) is 1.40. The van der Waals surface area contributed by atoms with Gasteiger partial charge in [-0.05, 0) is 17.8 Å². The summed E-state index contributed by atoms with van der Waals surface area (Å²) >= 11 is 0. The molecule has 0 aromatic carbocycles. The van der Waals surface area contributed by atoms with Crippen LogP contribution < -0.4 is 0 Å². The highest BCUT2D eigenvalue weighted by atomic mass is 16.1. The van der Waals surface area contributed by atoms with Gasteiger partial charge >= 0.3 is 0 Å². The smallest absolute Gasteiger partial charge is 0.139 e. The fourth-order valence-corrected chi connectivity index (χ4v) is 1.77. The Morgan fingerprint density at radius 1 is 1.07 bits per heavy atom. The molecule has 14 heavy (non-hydrogen) atoms. The van der Waals surface area contributed by atoms with Crippen molar-refractivity contribution < 1.29 is 4.79 Å². The molecule has 0 saturated carbocycles. The second-order valence-electron chi connectivity index (χ2n) is 6.11. The highest BCUT2D eigenvalue weighted by molar-refractivity contribution is 5.83. The molecule has 0 saturated heterocycles. The third-order valence-corrected chi connectivity index (χ3v) is 2.66. The van der Waals surface area contributed by atoms with E-state index in [1.165, 1.54) is 0 Å². The van der Waals surface area contributed by atoms with Crippen molar-refractivity contribution in [1.82, 2.24) is 0 Å². The van der Waals surface area contributed by atoms with E-state index in [1.54, 1.807) is 0 Å². The molecule has 0 N–H and O–H groups in total. The molecule has 0 rings (SSSR count). The first kappa shape index (κ1) is 13.7. The standard InChI is InChI=1S/C13H26O/c1-9(2)8-11(13(5,6)7)12(14)10(3)4/h9-11H,8H2,1-7H3/t11-/m1/s1. The molecule has 1 atom stereocenters. The first-order valence-electron chi connectivity index (χ1n) is 5.70. The minimum Gasteiger partial charge on any atom is -0.299 e. The highest BCUT2D eigenvalue weighted by Gasteiger charge is 2.32. The SMILES string of the molecule is CC(C)C[C@H](C(=O)C(C)C)C(C)(C)C. The van der Waals surface area contributed by atoms with Gasteiger partial charge in [-0.25, -0.2) is 0 Å². The van der Waals surface area contributed by atoms with Crippen LogP contribution in [0.25, 0.3) is 0 Å². The Kier molecular flexibility index (Phi) is 4.83. The molecule has 84 valence electrons. The van der Waals surface area contributed by atoms with Crippen molar-refractivity contribution in [3.05, 3.63) is 0 Å². The van der Waals surface area contributed by atoms with Crippen LogP contribution in [0.2, 0.25) is 0 Å². The zero-order valence-electron chi connectivity index (χ0n) is 10.8. The monoisotopic (exact) mass is 198 g/mol. The Morgan fingerprint density at radius 3 is 1.71 bits per heavy atom. The van der Waals surface area contributed by atoms with Crippen LogP contribution in [0.3, 0.4) is 0 Å². The Balaban J connectivity index is 4.65. The van der Waals surface area contributed by atoms with E-state index in [4.69, 9.17) is 0 Å². The van der Waals surface area contributed by atoms with Gasteiger partial charge in [0, 0.05) is 11.8 Å². The summed E-state index contributed by atoms with van der Waals surface area (Å²) in [5, 5.41) is 0. The van der Waals surface area contributed by atoms with Gasteiger partial charge in [-0.2, -0.15) is 0 Å². The number of ketones is 1. The fraction of sp³-hybridized carbons (Fsp3) is 0.923. The second-order valence-corrected chi connectivity index (χ2v) is 6.11. The molecular weight excluding hydrogens is 172 g/mol. The van der Waals surface area contributed by atoms with Crippen molar-refractivity contribution in [3.63, 3.8) is 0 Å².